The quantitative estimate of drug-likeness (QED) is 0.880. The van der Waals surface area contributed by atoms with Gasteiger partial charge in [-0.15, -0.1) is 0 Å². The van der Waals surface area contributed by atoms with Gasteiger partial charge in [0.05, 0.1) is 17.7 Å². The first-order valence-electron chi connectivity index (χ1n) is 5.68. The Labute approximate surface area is 108 Å². The molecule has 0 aliphatic rings. The van der Waals surface area contributed by atoms with E-state index in [4.69, 9.17) is 16.3 Å². The Bertz CT molecular complexity index is 378. The molecule has 1 N–H and O–H groups in total. The summed E-state index contributed by atoms with van der Waals surface area (Å²) in [7, 11) is 3.97. The lowest BCUT2D eigenvalue weighted by molar-refractivity contribution is 0.225. The van der Waals surface area contributed by atoms with Gasteiger partial charge in [0.1, 0.15) is 5.75 Å². The third-order valence-electron chi connectivity index (χ3n) is 2.27. The van der Waals surface area contributed by atoms with Gasteiger partial charge in [-0.2, -0.15) is 0 Å². The fraction of sp³-hybridized carbons (Fsp3) is 0.538. The van der Waals surface area contributed by atoms with Crippen LogP contribution < -0.4 is 4.74 Å². The van der Waals surface area contributed by atoms with Gasteiger partial charge in [-0.05, 0) is 33.5 Å². The molecule has 0 saturated heterocycles. The zero-order valence-corrected chi connectivity index (χ0v) is 11.6. The van der Waals surface area contributed by atoms with Gasteiger partial charge in [-0.3, -0.25) is 0 Å². The van der Waals surface area contributed by atoms with Crippen LogP contribution in [0.1, 0.15) is 25.0 Å². The average molecular weight is 258 g/mol. The maximum Gasteiger partial charge on any atom is 0.144 e. The zero-order chi connectivity index (χ0) is 13.0. The molecule has 0 fully saturated rings. The van der Waals surface area contributed by atoms with Gasteiger partial charge in [-0.1, -0.05) is 23.7 Å². The fourth-order valence-corrected chi connectivity index (χ4v) is 1.88. The van der Waals surface area contributed by atoms with Crippen molar-refractivity contribution in [2.45, 2.75) is 33.1 Å². The van der Waals surface area contributed by atoms with E-state index in [1.54, 1.807) is 0 Å². The lowest BCUT2D eigenvalue weighted by atomic mass is 10.1. The monoisotopic (exact) mass is 257 g/mol. The van der Waals surface area contributed by atoms with Crippen molar-refractivity contribution >= 4 is 11.6 Å². The van der Waals surface area contributed by atoms with Crippen molar-refractivity contribution in [2.24, 2.45) is 0 Å². The number of hydrogen-bond donors (Lipinski definition) is 1. The Morgan fingerprint density at radius 1 is 1.29 bits per heavy atom. The third kappa shape index (κ3) is 3.87. The Morgan fingerprint density at radius 3 is 2.35 bits per heavy atom. The van der Waals surface area contributed by atoms with Gasteiger partial charge in [0, 0.05) is 12.1 Å². The van der Waals surface area contributed by atoms with E-state index in [9.17, 15) is 5.11 Å². The highest BCUT2D eigenvalue weighted by atomic mass is 35.5. The van der Waals surface area contributed by atoms with E-state index in [2.05, 4.69) is 0 Å². The van der Waals surface area contributed by atoms with Crippen molar-refractivity contribution in [2.75, 3.05) is 14.1 Å². The highest BCUT2D eigenvalue weighted by molar-refractivity contribution is 6.33. The van der Waals surface area contributed by atoms with Crippen LogP contribution in [0.25, 0.3) is 0 Å². The molecule has 1 aromatic rings. The minimum absolute atomic E-state index is 0.0346. The van der Waals surface area contributed by atoms with Crippen molar-refractivity contribution in [3.8, 4) is 5.75 Å². The topological polar surface area (TPSA) is 32.7 Å². The summed E-state index contributed by atoms with van der Waals surface area (Å²) in [6, 6.07) is 3.80. The Kier molecular flexibility index (Phi) is 5.25. The van der Waals surface area contributed by atoms with E-state index in [0.717, 1.165) is 17.7 Å². The van der Waals surface area contributed by atoms with Crippen molar-refractivity contribution in [1.82, 2.24) is 4.90 Å². The number of benzene rings is 1. The van der Waals surface area contributed by atoms with Crippen LogP contribution in [0.15, 0.2) is 12.1 Å². The predicted molar refractivity (Wildman–Crippen MR) is 70.5 cm³/mol. The van der Waals surface area contributed by atoms with Crippen molar-refractivity contribution in [3.63, 3.8) is 0 Å². The maximum absolute atomic E-state index is 9.28. The average Bonchev–Trinajstić information content (AvgIpc) is 2.23. The molecular formula is C13H20ClNO2. The molecule has 1 rings (SSSR count). The number of aliphatic hydroxyl groups is 1. The summed E-state index contributed by atoms with van der Waals surface area (Å²) in [6.07, 6.45) is 0.0346. The van der Waals surface area contributed by atoms with E-state index in [1.165, 1.54) is 0 Å². The minimum Gasteiger partial charge on any atom is -0.489 e. The van der Waals surface area contributed by atoms with Crippen LogP contribution in [0.2, 0.25) is 5.02 Å². The molecule has 0 saturated carbocycles. The highest BCUT2D eigenvalue weighted by Crippen LogP contribution is 2.33. The summed E-state index contributed by atoms with van der Waals surface area (Å²) in [5.74, 6) is 0.600. The third-order valence-corrected chi connectivity index (χ3v) is 2.68. The summed E-state index contributed by atoms with van der Waals surface area (Å²) in [5.41, 5.74) is 1.73. The second kappa shape index (κ2) is 6.24. The number of ether oxygens (including phenoxy) is 1. The van der Waals surface area contributed by atoms with Crippen LogP contribution in [0.5, 0.6) is 5.75 Å². The number of aliphatic hydroxyl groups excluding tert-OH is 1. The molecule has 0 heterocycles. The highest BCUT2D eigenvalue weighted by Gasteiger charge is 2.14. The van der Waals surface area contributed by atoms with Gasteiger partial charge in [0.15, 0.2) is 0 Å². The van der Waals surface area contributed by atoms with E-state index in [0.29, 0.717) is 10.8 Å². The predicted octanol–water partition coefficient (Wildman–Crippen LogP) is 2.68. The number of hydrogen-bond acceptors (Lipinski definition) is 3. The van der Waals surface area contributed by atoms with Crippen LogP contribution in [0.3, 0.4) is 0 Å². The first-order chi connectivity index (χ1) is 7.95. The molecular weight excluding hydrogens is 238 g/mol. The number of rotatable bonds is 5. The summed E-state index contributed by atoms with van der Waals surface area (Å²) in [6.45, 7) is 4.56. The number of nitrogens with zero attached hydrogens (tertiary/aromatic N) is 1. The van der Waals surface area contributed by atoms with Gasteiger partial charge < -0.3 is 14.7 Å². The first-order valence-corrected chi connectivity index (χ1v) is 6.06. The lowest BCUT2D eigenvalue weighted by Crippen LogP contribution is -2.13. The van der Waals surface area contributed by atoms with Crippen molar-refractivity contribution < 1.29 is 9.84 Å². The Balaban J connectivity index is 3.12. The van der Waals surface area contributed by atoms with Gasteiger partial charge in [-0.25, -0.2) is 0 Å². The Morgan fingerprint density at radius 2 is 1.88 bits per heavy atom. The molecule has 0 unspecified atom stereocenters. The maximum atomic E-state index is 9.28. The summed E-state index contributed by atoms with van der Waals surface area (Å²) in [5, 5.41) is 9.88. The molecule has 0 atom stereocenters. The molecule has 96 valence electrons. The molecule has 1 aromatic carbocycles. The second-order valence-corrected chi connectivity index (χ2v) is 4.97. The molecule has 0 aromatic heterocycles. The molecule has 0 aliphatic carbocycles. The first kappa shape index (κ1) is 14.3. The number of halogens is 1. The van der Waals surface area contributed by atoms with Crippen LogP contribution in [0.4, 0.5) is 0 Å². The zero-order valence-electron chi connectivity index (χ0n) is 10.8. The van der Waals surface area contributed by atoms with E-state index in [-0.39, 0.29) is 12.7 Å². The van der Waals surface area contributed by atoms with Crippen LogP contribution in [-0.4, -0.2) is 30.2 Å². The van der Waals surface area contributed by atoms with Gasteiger partial charge in [0.25, 0.3) is 0 Å². The summed E-state index contributed by atoms with van der Waals surface area (Å²) < 4.78 is 5.68. The van der Waals surface area contributed by atoms with Gasteiger partial charge in [0.2, 0.25) is 0 Å². The lowest BCUT2D eigenvalue weighted by Gasteiger charge is -2.18. The molecule has 4 heteroatoms. The summed E-state index contributed by atoms with van der Waals surface area (Å²) in [4.78, 5) is 2.04. The molecule has 3 nitrogen and oxygen atoms in total. The smallest absolute Gasteiger partial charge is 0.144 e. The van der Waals surface area contributed by atoms with E-state index < -0.39 is 0 Å². The second-order valence-electron chi connectivity index (χ2n) is 4.59. The van der Waals surface area contributed by atoms with Crippen LogP contribution in [0, 0.1) is 0 Å². The normalized spacial score (nSPS) is 11.3. The van der Waals surface area contributed by atoms with Crippen molar-refractivity contribution in [1.29, 1.82) is 0 Å². The molecule has 17 heavy (non-hydrogen) atoms. The summed E-state index contributed by atoms with van der Waals surface area (Å²) >= 11 is 6.32. The molecule has 0 amide bonds. The van der Waals surface area contributed by atoms with E-state index in [1.807, 2.05) is 45.0 Å². The van der Waals surface area contributed by atoms with Crippen LogP contribution in [-0.2, 0) is 13.2 Å². The molecule has 0 radical (unpaired) electrons. The minimum atomic E-state index is -0.0655. The Hall–Kier alpha value is -0.770. The molecule has 0 aliphatic heterocycles. The van der Waals surface area contributed by atoms with Crippen molar-refractivity contribution in [3.05, 3.63) is 28.3 Å². The largest absolute Gasteiger partial charge is 0.489 e. The van der Waals surface area contributed by atoms with Gasteiger partial charge >= 0.3 is 0 Å². The van der Waals surface area contributed by atoms with E-state index >= 15 is 0 Å². The molecule has 0 spiro atoms. The standard InChI is InChI=1S/C13H20ClNO2/c1-9(2)17-13-11(8-16)6-5-10(12(13)14)7-15(3)4/h5-6,9,16H,7-8H2,1-4H3. The fourth-order valence-electron chi connectivity index (χ4n) is 1.59. The SMILES string of the molecule is CC(C)Oc1c(CO)ccc(CN(C)C)c1Cl. The van der Waals surface area contributed by atoms with Crippen LogP contribution >= 0.6 is 11.6 Å². The molecule has 0 bridgehead atoms.